The minimum absolute atomic E-state index is 0.0250. The maximum atomic E-state index is 13.7. The molecular weight excluding hydrogens is 412 g/mol. The van der Waals surface area contributed by atoms with Gasteiger partial charge in [0.1, 0.15) is 5.82 Å². The molecule has 7 heteroatoms. The van der Waals surface area contributed by atoms with Crippen LogP contribution in [-0.4, -0.2) is 9.55 Å². The number of benzene rings is 2. The Labute approximate surface area is 135 Å². The number of nitrogens with zero attached hydrogens (tertiary/aromatic N) is 2. The fourth-order valence-corrected chi connectivity index (χ4v) is 3.39. The van der Waals surface area contributed by atoms with Crippen molar-refractivity contribution < 1.29 is 4.39 Å². The van der Waals surface area contributed by atoms with Crippen LogP contribution in [0.2, 0.25) is 5.02 Å². The fraction of sp³-hybridized carbons (Fsp3) is 0. The second-order valence-electron chi connectivity index (χ2n) is 4.16. The smallest absolute Gasteiger partial charge is 0.205 e. The van der Waals surface area contributed by atoms with E-state index in [2.05, 4.69) is 36.8 Å². The summed E-state index contributed by atoms with van der Waals surface area (Å²) in [7, 11) is 0. The van der Waals surface area contributed by atoms with Crippen molar-refractivity contribution in [2.45, 2.75) is 0 Å². The van der Waals surface area contributed by atoms with Crippen LogP contribution < -0.4 is 5.73 Å². The first-order valence-corrected chi connectivity index (χ1v) is 7.52. The van der Waals surface area contributed by atoms with Crippen molar-refractivity contribution in [1.29, 1.82) is 0 Å². The lowest BCUT2D eigenvalue weighted by Gasteiger charge is -2.09. The highest BCUT2D eigenvalue weighted by molar-refractivity contribution is 9.11. The molecule has 1 heterocycles. The molecule has 0 atom stereocenters. The Hall–Kier alpha value is -1.11. The molecule has 0 unspecified atom stereocenters. The Morgan fingerprint density at radius 3 is 2.65 bits per heavy atom. The molecular formula is C13H7Br2ClFN3. The molecule has 3 nitrogen and oxygen atoms in total. The highest BCUT2D eigenvalue weighted by Gasteiger charge is 2.15. The number of hydrogen-bond donors (Lipinski definition) is 1. The van der Waals surface area contributed by atoms with Crippen molar-refractivity contribution >= 4 is 60.4 Å². The summed E-state index contributed by atoms with van der Waals surface area (Å²) in [6.07, 6.45) is 0. The molecule has 0 aliphatic heterocycles. The maximum Gasteiger partial charge on any atom is 0.205 e. The summed E-state index contributed by atoms with van der Waals surface area (Å²) in [6, 6.07) is 8.41. The van der Waals surface area contributed by atoms with Crippen LogP contribution in [0.1, 0.15) is 0 Å². The Morgan fingerprint density at radius 2 is 1.95 bits per heavy atom. The van der Waals surface area contributed by atoms with Gasteiger partial charge in [0.15, 0.2) is 0 Å². The summed E-state index contributed by atoms with van der Waals surface area (Å²) >= 11 is 12.6. The Bertz CT molecular complexity index is 832. The molecule has 102 valence electrons. The lowest BCUT2D eigenvalue weighted by atomic mass is 10.2. The number of fused-ring (bicyclic) bond motifs is 1. The zero-order valence-electron chi connectivity index (χ0n) is 9.87. The number of rotatable bonds is 1. The molecule has 1 aromatic heterocycles. The van der Waals surface area contributed by atoms with Gasteiger partial charge in [0.2, 0.25) is 5.95 Å². The van der Waals surface area contributed by atoms with Gasteiger partial charge in [-0.2, -0.15) is 0 Å². The van der Waals surface area contributed by atoms with Crippen molar-refractivity contribution in [2.24, 2.45) is 0 Å². The van der Waals surface area contributed by atoms with E-state index >= 15 is 0 Å². The summed E-state index contributed by atoms with van der Waals surface area (Å²) in [5, 5.41) is 0.0250. The van der Waals surface area contributed by atoms with E-state index in [-0.39, 0.29) is 11.0 Å². The van der Waals surface area contributed by atoms with E-state index in [0.29, 0.717) is 11.0 Å². The van der Waals surface area contributed by atoms with Crippen molar-refractivity contribution in [3.63, 3.8) is 0 Å². The van der Waals surface area contributed by atoms with Crippen LogP contribution in [0.25, 0.3) is 16.7 Å². The third kappa shape index (κ3) is 2.21. The zero-order chi connectivity index (χ0) is 14.4. The quantitative estimate of drug-likeness (QED) is 0.608. The van der Waals surface area contributed by atoms with Crippen molar-refractivity contribution in [1.82, 2.24) is 9.55 Å². The van der Waals surface area contributed by atoms with Gasteiger partial charge in [-0.3, -0.25) is 4.57 Å². The van der Waals surface area contributed by atoms with Crippen LogP contribution in [0.5, 0.6) is 0 Å². The molecule has 0 bridgehead atoms. The van der Waals surface area contributed by atoms with Gasteiger partial charge in [-0.1, -0.05) is 27.5 Å². The van der Waals surface area contributed by atoms with E-state index in [1.807, 2.05) is 18.2 Å². The minimum Gasteiger partial charge on any atom is -0.369 e. The third-order valence-electron chi connectivity index (χ3n) is 2.87. The Balaban J connectivity index is 2.35. The molecule has 2 aromatic carbocycles. The SMILES string of the molecule is Nc1nc2cc(Cl)c(F)cc2n1-c1ccc(Br)cc1Br. The molecule has 0 aliphatic carbocycles. The number of aromatic nitrogens is 2. The van der Waals surface area contributed by atoms with Crippen LogP contribution in [0.4, 0.5) is 10.3 Å². The predicted molar refractivity (Wildman–Crippen MR) is 85.9 cm³/mol. The van der Waals surface area contributed by atoms with Crippen LogP contribution in [-0.2, 0) is 0 Å². The van der Waals surface area contributed by atoms with Crippen LogP contribution in [0.3, 0.4) is 0 Å². The van der Waals surface area contributed by atoms with E-state index in [4.69, 9.17) is 17.3 Å². The zero-order valence-corrected chi connectivity index (χ0v) is 13.8. The monoisotopic (exact) mass is 417 g/mol. The van der Waals surface area contributed by atoms with E-state index in [9.17, 15) is 4.39 Å². The minimum atomic E-state index is -0.506. The molecule has 0 saturated carbocycles. The first-order valence-electron chi connectivity index (χ1n) is 5.56. The summed E-state index contributed by atoms with van der Waals surface area (Å²) in [6.45, 7) is 0. The summed E-state index contributed by atoms with van der Waals surface area (Å²) in [5.41, 5.74) is 7.83. The highest BCUT2D eigenvalue weighted by atomic mass is 79.9. The molecule has 3 aromatic rings. The van der Waals surface area contributed by atoms with Gasteiger partial charge in [0.05, 0.1) is 21.7 Å². The van der Waals surface area contributed by atoms with E-state index in [1.54, 1.807) is 4.57 Å². The van der Waals surface area contributed by atoms with Gasteiger partial charge >= 0.3 is 0 Å². The van der Waals surface area contributed by atoms with Gasteiger partial charge in [-0.15, -0.1) is 0 Å². The lowest BCUT2D eigenvalue weighted by molar-refractivity contribution is 0.629. The lowest BCUT2D eigenvalue weighted by Crippen LogP contribution is -2.01. The molecule has 2 N–H and O–H groups in total. The normalized spacial score (nSPS) is 11.2. The number of hydrogen-bond acceptors (Lipinski definition) is 2. The van der Waals surface area contributed by atoms with Gasteiger partial charge in [-0.25, -0.2) is 9.37 Å². The number of nitrogens with two attached hydrogens (primary N) is 1. The van der Waals surface area contributed by atoms with E-state index in [0.717, 1.165) is 14.6 Å². The second kappa shape index (κ2) is 5.02. The standard InChI is InChI=1S/C13H7Br2ClFN3/c14-6-1-2-11(7(15)3-6)20-12-5-9(17)8(16)4-10(12)19-13(20)18/h1-5H,(H2,18,19). The molecule has 20 heavy (non-hydrogen) atoms. The number of halogens is 4. The van der Waals surface area contributed by atoms with Crippen molar-refractivity contribution in [3.8, 4) is 5.69 Å². The van der Waals surface area contributed by atoms with Crippen LogP contribution >= 0.6 is 43.5 Å². The van der Waals surface area contributed by atoms with Crippen molar-refractivity contribution in [3.05, 3.63) is 50.1 Å². The fourth-order valence-electron chi connectivity index (χ4n) is 2.01. The van der Waals surface area contributed by atoms with Crippen LogP contribution in [0.15, 0.2) is 39.3 Å². The summed E-state index contributed by atoms with van der Waals surface area (Å²) < 4.78 is 17.1. The number of anilines is 1. The van der Waals surface area contributed by atoms with Gasteiger partial charge in [0.25, 0.3) is 0 Å². The highest BCUT2D eigenvalue weighted by Crippen LogP contribution is 2.32. The topological polar surface area (TPSA) is 43.8 Å². The molecule has 0 amide bonds. The maximum absolute atomic E-state index is 13.7. The van der Waals surface area contributed by atoms with E-state index < -0.39 is 5.82 Å². The third-order valence-corrected chi connectivity index (χ3v) is 4.29. The average molecular weight is 419 g/mol. The Morgan fingerprint density at radius 1 is 1.20 bits per heavy atom. The molecule has 0 saturated heterocycles. The van der Waals surface area contributed by atoms with Gasteiger partial charge < -0.3 is 5.73 Å². The first kappa shape index (κ1) is 13.9. The predicted octanol–water partition coefficient (Wildman–Crippen LogP) is 4.93. The molecule has 0 radical (unpaired) electrons. The summed E-state index contributed by atoms with van der Waals surface area (Å²) in [4.78, 5) is 4.21. The first-order chi connectivity index (χ1) is 9.47. The van der Waals surface area contributed by atoms with E-state index in [1.165, 1.54) is 12.1 Å². The molecule has 0 spiro atoms. The van der Waals surface area contributed by atoms with Gasteiger partial charge in [-0.05, 0) is 40.2 Å². The second-order valence-corrected chi connectivity index (χ2v) is 6.33. The number of nitrogen functional groups attached to an aromatic ring is 1. The van der Waals surface area contributed by atoms with Gasteiger partial charge in [0, 0.05) is 15.0 Å². The largest absolute Gasteiger partial charge is 0.369 e. The molecule has 0 aliphatic rings. The molecule has 0 fully saturated rings. The Kier molecular flexibility index (Phi) is 3.48. The average Bonchev–Trinajstić information content (AvgIpc) is 2.66. The summed E-state index contributed by atoms with van der Waals surface area (Å²) in [5.74, 6) is -0.238. The number of imidazole rings is 1. The van der Waals surface area contributed by atoms with Crippen LogP contribution in [0, 0.1) is 5.82 Å². The molecule has 3 rings (SSSR count). The van der Waals surface area contributed by atoms with Crippen molar-refractivity contribution in [2.75, 3.05) is 5.73 Å².